The lowest BCUT2D eigenvalue weighted by Crippen LogP contribution is -2.42. The van der Waals surface area contributed by atoms with Crippen molar-refractivity contribution >= 4 is 22.8 Å². The van der Waals surface area contributed by atoms with Crippen molar-refractivity contribution in [1.82, 2.24) is 19.1 Å². The number of hydrogen-bond acceptors (Lipinski definition) is 6. The lowest BCUT2D eigenvalue weighted by molar-refractivity contribution is -0.116. The zero-order valence-corrected chi connectivity index (χ0v) is 16.7. The van der Waals surface area contributed by atoms with Gasteiger partial charge in [0, 0.05) is 18.1 Å². The normalized spacial score (nSPS) is 10.7. The third-order valence-corrected chi connectivity index (χ3v) is 4.70. The van der Waals surface area contributed by atoms with E-state index in [4.69, 9.17) is 4.74 Å². The molecule has 0 spiro atoms. The van der Waals surface area contributed by atoms with Crippen molar-refractivity contribution in [3.05, 3.63) is 93.4 Å². The molecule has 31 heavy (non-hydrogen) atoms. The molecule has 156 valence electrons. The fourth-order valence-electron chi connectivity index (χ4n) is 3.20. The second-order valence-corrected chi connectivity index (χ2v) is 6.75. The number of fused-ring (bicyclic) bond motifs is 1. The van der Waals surface area contributed by atoms with Crippen molar-refractivity contribution in [3.8, 4) is 5.75 Å². The van der Waals surface area contributed by atoms with E-state index < -0.39 is 17.2 Å². The molecule has 0 bridgehead atoms. The first-order valence-corrected chi connectivity index (χ1v) is 9.49. The van der Waals surface area contributed by atoms with E-state index in [0.29, 0.717) is 11.4 Å². The molecule has 2 aromatic heterocycles. The Kier molecular flexibility index (Phi) is 5.57. The Labute approximate surface area is 176 Å². The number of nitrogens with one attached hydrogen (secondary N) is 1. The maximum Gasteiger partial charge on any atom is 0.333 e. The van der Waals surface area contributed by atoms with Crippen LogP contribution in [0.3, 0.4) is 0 Å². The van der Waals surface area contributed by atoms with E-state index in [1.165, 1.54) is 12.4 Å². The Hall–Kier alpha value is -4.27. The fourth-order valence-corrected chi connectivity index (χ4v) is 3.20. The summed E-state index contributed by atoms with van der Waals surface area (Å²) in [6.07, 6.45) is 2.75. The molecular formula is C22H19N5O4. The first kappa shape index (κ1) is 20.0. The van der Waals surface area contributed by atoms with Gasteiger partial charge in [0.1, 0.15) is 12.3 Å². The van der Waals surface area contributed by atoms with Crippen molar-refractivity contribution in [2.75, 3.05) is 12.4 Å². The third kappa shape index (κ3) is 4.20. The number of carbonyl (C=O) groups excluding carboxylic acids is 1. The van der Waals surface area contributed by atoms with Gasteiger partial charge in [-0.3, -0.25) is 18.7 Å². The van der Waals surface area contributed by atoms with E-state index in [2.05, 4.69) is 15.3 Å². The van der Waals surface area contributed by atoms with Crippen LogP contribution < -0.4 is 21.3 Å². The van der Waals surface area contributed by atoms with Crippen LogP contribution in [0, 0.1) is 0 Å². The van der Waals surface area contributed by atoms with Gasteiger partial charge in [-0.1, -0.05) is 30.3 Å². The quantitative estimate of drug-likeness (QED) is 0.511. The molecule has 0 unspecified atom stereocenters. The van der Waals surface area contributed by atoms with Crippen LogP contribution >= 0.6 is 0 Å². The molecule has 9 heteroatoms. The van der Waals surface area contributed by atoms with Gasteiger partial charge in [0.2, 0.25) is 5.91 Å². The smallest absolute Gasteiger partial charge is 0.333 e. The minimum atomic E-state index is -0.633. The molecule has 0 atom stereocenters. The highest BCUT2D eigenvalue weighted by atomic mass is 16.5. The molecule has 9 nitrogen and oxygen atoms in total. The molecule has 0 aliphatic rings. The summed E-state index contributed by atoms with van der Waals surface area (Å²) >= 11 is 0. The van der Waals surface area contributed by atoms with Crippen molar-refractivity contribution in [2.45, 2.75) is 13.1 Å². The Bertz CT molecular complexity index is 1340. The maximum atomic E-state index is 13.1. The first-order valence-electron chi connectivity index (χ1n) is 9.49. The standard InChI is InChI=1S/C22H19N5O4/c1-31-17-9-7-16(8-10-17)25-18(28)14-26-20-19(23-11-12-24-20)21(29)27(22(26)30)13-15-5-3-2-4-6-15/h2-12H,13-14H2,1H3,(H,25,28). The predicted octanol–water partition coefficient (Wildman–Crippen LogP) is 1.65. The van der Waals surface area contributed by atoms with Crippen molar-refractivity contribution < 1.29 is 9.53 Å². The lowest BCUT2D eigenvalue weighted by atomic mass is 10.2. The summed E-state index contributed by atoms with van der Waals surface area (Å²) in [5, 5.41) is 2.73. The highest BCUT2D eigenvalue weighted by Gasteiger charge is 2.17. The van der Waals surface area contributed by atoms with E-state index in [-0.39, 0.29) is 24.3 Å². The van der Waals surface area contributed by atoms with Gasteiger partial charge in [0.05, 0.1) is 13.7 Å². The number of hydrogen-bond donors (Lipinski definition) is 1. The number of carbonyl (C=O) groups is 1. The number of benzene rings is 2. The van der Waals surface area contributed by atoms with Gasteiger partial charge in [-0.05, 0) is 29.8 Å². The first-order chi connectivity index (χ1) is 15.1. The molecule has 4 rings (SSSR count). The Morgan fingerprint density at radius 3 is 2.39 bits per heavy atom. The minimum Gasteiger partial charge on any atom is -0.497 e. The molecule has 1 amide bonds. The number of amides is 1. The second kappa shape index (κ2) is 8.62. The van der Waals surface area contributed by atoms with Gasteiger partial charge in [0.15, 0.2) is 11.2 Å². The van der Waals surface area contributed by atoms with E-state index >= 15 is 0 Å². The van der Waals surface area contributed by atoms with Gasteiger partial charge in [-0.15, -0.1) is 0 Å². The number of anilines is 1. The summed E-state index contributed by atoms with van der Waals surface area (Å²) in [5.41, 5.74) is 0.225. The molecule has 2 heterocycles. The Morgan fingerprint density at radius 1 is 0.968 bits per heavy atom. The topological polar surface area (TPSA) is 108 Å². The molecule has 0 aliphatic heterocycles. The van der Waals surface area contributed by atoms with Crippen molar-refractivity contribution in [2.24, 2.45) is 0 Å². The number of nitrogens with zero attached hydrogens (tertiary/aromatic N) is 4. The van der Waals surface area contributed by atoms with Gasteiger partial charge >= 0.3 is 5.69 Å². The van der Waals surface area contributed by atoms with Gasteiger partial charge in [-0.25, -0.2) is 14.8 Å². The van der Waals surface area contributed by atoms with Crippen LogP contribution in [0.1, 0.15) is 5.56 Å². The Morgan fingerprint density at radius 2 is 1.68 bits per heavy atom. The van der Waals surface area contributed by atoms with E-state index in [1.54, 1.807) is 31.4 Å². The Balaban J connectivity index is 1.71. The molecule has 0 radical (unpaired) electrons. The van der Waals surface area contributed by atoms with Crippen LogP contribution in [-0.2, 0) is 17.9 Å². The van der Waals surface area contributed by atoms with E-state index in [0.717, 1.165) is 14.7 Å². The predicted molar refractivity (Wildman–Crippen MR) is 115 cm³/mol. The zero-order valence-electron chi connectivity index (χ0n) is 16.7. The lowest BCUT2D eigenvalue weighted by Gasteiger charge is -2.13. The van der Waals surface area contributed by atoms with Gasteiger partial charge < -0.3 is 10.1 Å². The number of aromatic nitrogens is 4. The van der Waals surface area contributed by atoms with Crippen LogP contribution in [0.15, 0.2) is 76.6 Å². The zero-order chi connectivity index (χ0) is 21.8. The molecule has 0 fully saturated rings. The van der Waals surface area contributed by atoms with Crippen LogP contribution in [-0.4, -0.2) is 32.1 Å². The third-order valence-electron chi connectivity index (χ3n) is 4.70. The summed E-state index contributed by atoms with van der Waals surface area (Å²) in [6.45, 7) is -0.264. The van der Waals surface area contributed by atoms with Crippen molar-refractivity contribution in [1.29, 1.82) is 0 Å². The highest BCUT2D eigenvalue weighted by molar-refractivity contribution is 5.91. The van der Waals surface area contributed by atoms with Gasteiger partial charge in [-0.2, -0.15) is 0 Å². The molecule has 0 saturated carbocycles. The summed E-state index contributed by atoms with van der Waals surface area (Å²) in [4.78, 5) is 46.9. The molecule has 2 aromatic carbocycles. The maximum absolute atomic E-state index is 13.1. The van der Waals surface area contributed by atoms with Crippen LogP contribution in [0.2, 0.25) is 0 Å². The largest absolute Gasteiger partial charge is 0.497 e. The SMILES string of the molecule is COc1ccc(NC(=O)Cn2c(=O)n(Cc3ccccc3)c(=O)c3nccnc32)cc1. The van der Waals surface area contributed by atoms with Crippen LogP contribution in [0.4, 0.5) is 5.69 Å². The van der Waals surface area contributed by atoms with Gasteiger partial charge in [0.25, 0.3) is 5.56 Å². The average Bonchev–Trinajstić information content (AvgIpc) is 2.80. The van der Waals surface area contributed by atoms with E-state index in [1.807, 2.05) is 30.3 Å². The molecule has 0 aliphatic carbocycles. The average molecular weight is 417 g/mol. The fraction of sp³-hybridized carbons (Fsp3) is 0.136. The number of methoxy groups -OCH3 is 1. The molecule has 1 N–H and O–H groups in total. The number of rotatable bonds is 6. The summed E-state index contributed by atoms with van der Waals surface area (Å²) < 4.78 is 7.32. The monoisotopic (exact) mass is 417 g/mol. The molecule has 4 aromatic rings. The summed E-state index contributed by atoms with van der Waals surface area (Å²) in [5.74, 6) is 0.215. The van der Waals surface area contributed by atoms with E-state index in [9.17, 15) is 14.4 Å². The van der Waals surface area contributed by atoms with Crippen molar-refractivity contribution in [3.63, 3.8) is 0 Å². The highest BCUT2D eigenvalue weighted by Crippen LogP contribution is 2.15. The van der Waals surface area contributed by atoms with Crippen LogP contribution in [0.25, 0.3) is 11.2 Å². The minimum absolute atomic E-state index is 0.0234. The van der Waals surface area contributed by atoms with Crippen LogP contribution in [0.5, 0.6) is 5.75 Å². The molecule has 0 saturated heterocycles. The second-order valence-electron chi connectivity index (χ2n) is 6.75. The molecular weight excluding hydrogens is 398 g/mol. The number of ether oxygens (including phenoxy) is 1. The summed E-state index contributed by atoms with van der Waals surface area (Å²) in [6, 6.07) is 15.9. The summed E-state index contributed by atoms with van der Waals surface area (Å²) in [7, 11) is 1.55.